The summed E-state index contributed by atoms with van der Waals surface area (Å²) in [6.45, 7) is 9.81. The van der Waals surface area contributed by atoms with Crippen molar-refractivity contribution in [2.24, 2.45) is 0 Å². The lowest BCUT2D eigenvalue weighted by Crippen LogP contribution is -2.63. The molecule has 0 bridgehead atoms. The van der Waals surface area contributed by atoms with Gasteiger partial charge in [-0.25, -0.2) is 0 Å². The first kappa shape index (κ1) is 16.3. The molecule has 2 rings (SSSR count). The lowest BCUT2D eigenvalue weighted by molar-refractivity contribution is -0.151. The maximum Gasteiger partial charge on any atom is 0.266 e. The number of nitrogens with one attached hydrogen (secondary N) is 1. The maximum atomic E-state index is 12.5. The minimum Gasteiger partial charge on any atom is -0.335 e. The van der Waals surface area contributed by atoms with E-state index in [0.717, 1.165) is 17.7 Å². The molecule has 2 heterocycles. The molecule has 1 saturated heterocycles. The van der Waals surface area contributed by atoms with Crippen molar-refractivity contribution in [1.82, 2.24) is 9.88 Å². The summed E-state index contributed by atoms with van der Waals surface area (Å²) in [5.41, 5.74) is 2.05. The minimum absolute atomic E-state index is 0.0661. The van der Waals surface area contributed by atoms with Crippen LogP contribution in [-0.4, -0.2) is 27.4 Å². The summed E-state index contributed by atoms with van der Waals surface area (Å²) >= 11 is 0. The molecule has 5 heteroatoms. The Bertz CT molecular complexity index is 710. The van der Waals surface area contributed by atoms with Crippen LogP contribution in [0.4, 0.5) is 0 Å². The molecule has 0 aliphatic carbocycles. The number of nitriles is 1. The van der Waals surface area contributed by atoms with Gasteiger partial charge in [0, 0.05) is 23.7 Å². The molecule has 0 saturated carbocycles. The summed E-state index contributed by atoms with van der Waals surface area (Å²) in [4.78, 5) is 28.8. The first-order valence-corrected chi connectivity index (χ1v) is 7.63. The molecule has 118 valence electrons. The van der Waals surface area contributed by atoms with Gasteiger partial charge in [0.25, 0.3) is 5.56 Å². The zero-order chi connectivity index (χ0) is 16.7. The van der Waals surface area contributed by atoms with Crippen LogP contribution in [0, 0.1) is 25.2 Å². The normalized spacial score (nSPS) is 19.5. The lowest BCUT2D eigenvalue weighted by atomic mass is 9.81. The molecule has 1 aromatic rings. The van der Waals surface area contributed by atoms with Gasteiger partial charge in [0.2, 0.25) is 5.91 Å². The van der Waals surface area contributed by atoms with Crippen LogP contribution in [0.3, 0.4) is 0 Å². The third kappa shape index (κ3) is 2.66. The Kier molecular flexibility index (Phi) is 4.15. The third-order valence-electron chi connectivity index (χ3n) is 4.67. The summed E-state index contributed by atoms with van der Waals surface area (Å²) in [6.07, 6.45) is 1.96. The number of H-pyrrole nitrogens is 1. The topological polar surface area (TPSA) is 77.0 Å². The highest BCUT2D eigenvalue weighted by atomic mass is 16.2. The average Bonchev–Trinajstić information content (AvgIpc) is 2.36. The first-order chi connectivity index (χ1) is 10.2. The SMILES string of the molecule is Cc1[nH]c(=O)c(C#N)c(C)c1CCC(=O)N1C(C)CC1(C)C. The number of carbonyl (C=O) groups is 1. The number of carbonyl (C=O) groups excluding carboxylic acids is 1. The molecule has 0 radical (unpaired) electrons. The predicted octanol–water partition coefficient (Wildman–Crippen LogP) is 2.20. The van der Waals surface area contributed by atoms with Gasteiger partial charge in [0.1, 0.15) is 11.6 Å². The maximum absolute atomic E-state index is 12.5. The number of hydrogen-bond acceptors (Lipinski definition) is 3. The Labute approximate surface area is 130 Å². The summed E-state index contributed by atoms with van der Waals surface area (Å²) in [6, 6.07) is 2.23. The molecular weight excluding hydrogens is 278 g/mol. The summed E-state index contributed by atoms with van der Waals surface area (Å²) in [5, 5.41) is 9.09. The Morgan fingerprint density at radius 3 is 2.59 bits per heavy atom. The molecule has 0 spiro atoms. The van der Waals surface area contributed by atoms with Gasteiger partial charge in [0.05, 0.1) is 0 Å². The van der Waals surface area contributed by atoms with Crippen LogP contribution >= 0.6 is 0 Å². The smallest absolute Gasteiger partial charge is 0.266 e. The highest BCUT2D eigenvalue weighted by Crippen LogP contribution is 2.36. The van der Waals surface area contributed by atoms with E-state index in [4.69, 9.17) is 5.26 Å². The second-order valence-corrected chi connectivity index (χ2v) is 6.80. The van der Waals surface area contributed by atoms with Crippen molar-refractivity contribution in [3.05, 3.63) is 32.7 Å². The Hall–Kier alpha value is -2.09. The van der Waals surface area contributed by atoms with E-state index in [1.807, 2.05) is 17.9 Å². The second kappa shape index (κ2) is 5.60. The van der Waals surface area contributed by atoms with Gasteiger partial charge in [-0.1, -0.05) is 0 Å². The second-order valence-electron chi connectivity index (χ2n) is 6.80. The highest BCUT2D eigenvalue weighted by Gasteiger charge is 2.44. The van der Waals surface area contributed by atoms with Gasteiger partial charge >= 0.3 is 0 Å². The zero-order valence-electron chi connectivity index (χ0n) is 13.9. The van der Waals surface area contributed by atoms with Crippen LogP contribution in [0.15, 0.2) is 4.79 Å². The summed E-state index contributed by atoms with van der Waals surface area (Å²) in [7, 11) is 0. The van der Waals surface area contributed by atoms with Crippen LogP contribution in [0.1, 0.15) is 56.0 Å². The molecule has 1 N–H and O–H groups in total. The zero-order valence-corrected chi connectivity index (χ0v) is 13.9. The fourth-order valence-electron chi connectivity index (χ4n) is 3.75. The van der Waals surface area contributed by atoms with Crippen molar-refractivity contribution < 1.29 is 4.79 Å². The van der Waals surface area contributed by atoms with E-state index in [0.29, 0.717) is 18.4 Å². The monoisotopic (exact) mass is 301 g/mol. The van der Waals surface area contributed by atoms with Crippen molar-refractivity contribution in [2.75, 3.05) is 0 Å². The number of likely N-dealkylation sites (tertiary alicyclic amines) is 1. The number of rotatable bonds is 3. The molecule has 5 nitrogen and oxygen atoms in total. The molecule has 1 fully saturated rings. The van der Waals surface area contributed by atoms with E-state index in [9.17, 15) is 9.59 Å². The highest BCUT2D eigenvalue weighted by molar-refractivity contribution is 5.78. The Morgan fingerprint density at radius 1 is 1.45 bits per heavy atom. The van der Waals surface area contributed by atoms with E-state index in [1.165, 1.54) is 0 Å². The van der Waals surface area contributed by atoms with E-state index < -0.39 is 0 Å². The molecule has 1 unspecified atom stereocenters. The molecule has 0 aromatic carbocycles. The van der Waals surface area contributed by atoms with Gasteiger partial charge in [-0.05, 0) is 58.6 Å². The van der Waals surface area contributed by atoms with Gasteiger partial charge in [0.15, 0.2) is 0 Å². The quantitative estimate of drug-likeness (QED) is 0.929. The average molecular weight is 301 g/mol. The minimum atomic E-state index is -0.356. The number of amides is 1. The van der Waals surface area contributed by atoms with E-state index in [2.05, 4.69) is 25.8 Å². The molecule has 1 atom stereocenters. The van der Waals surface area contributed by atoms with Crippen LogP contribution in [0.25, 0.3) is 0 Å². The fourth-order valence-corrected chi connectivity index (χ4v) is 3.75. The molecule has 1 aromatic heterocycles. The standard InChI is InChI=1S/C17H23N3O2/c1-10-8-17(4,5)20(10)15(21)7-6-13-11(2)14(9-18)16(22)19-12(13)3/h10H,6-8H2,1-5H3,(H,19,22). The third-order valence-corrected chi connectivity index (χ3v) is 4.67. The molecule has 1 aliphatic heterocycles. The lowest BCUT2D eigenvalue weighted by Gasteiger charge is -2.54. The number of aryl methyl sites for hydroxylation is 1. The summed E-state index contributed by atoms with van der Waals surface area (Å²) in [5.74, 6) is 0.132. The van der Waals surface area contributed by atoms with Gasteiger partial charge < -0.3 is 9.88 Å². The Morgan fingerprint density at radius 2 is 2.09 bits per heavy atom. The number of aromatic nitrogens is 1. The Balaban J connectivity index is 2.18. The van der Waals surface area contributed by atoms with Crippen molar-refractivity contribution >= 4 is 5.91 Å². The largest absolute Gasteiger partial charge is 0.335 e. The predicted molar refractivity (Wildman–Crippen MR) is 84.6 cm³/mol. The molecular formula is C17H23N3O2. The van der Waals surface area contributed by atoms with Gasteiger partial charge in [-0.2, -0.15) is 5.26 Å². The van der Waals surface area contributed by atoms with E-state index in [-0.39, 0.29) is 28.6 Å². The van der Waals surface area contributed by atoms with Crippen molar-refractivity contribution in [1.29, 1.82) is 5.26 Å². The van der Waals surface area contributed by atoms with Gasteiger partial charge in [-0.3, -0.25) is 9.59 Å². The van der Waals surface area contributed by atoms with Crippen LogP contribution in [0.5, 0.6) is 0 Å². The van der Waals surface area contributed by atoms with Crippen LogP contribution < -0.4 is 5.56 Å². The molecule has 1 amide bonds. The number of nitrogens with zero attached hydrogens (tertiary/aromatic N) is 2. The van der Waals surface area contributed by atoms with Crippen molar-refractivity contribution in [2.45, 2.75) is 65.5 Å². The van der Waals surface area contributed by atoms with Crippen LogP contribution in [-0.2, 0) is 11.2 Å². The van der Waals surface area contributed by atoms with Crippen molar-refractivity contribution in [3.63, 3.8) is 0 Å². The van der Waals surface area contributed by atoms with E-state index >= 15 is 0 Å². The number of aromatic amines is 1. The first-order valence-electron chi connectivity index (χ1n) is 7.63. The van der Waals surface area contributed by atoms with E-state index in [1.54, 1.807) is 6.92 Å². The van der Waals surface area contributed by atoms with Gasteiger partial charge in [-0.15, -0.1) is 0 Å². The number of hydrogen-bond donors (Lipinski definition) is 1. The molecule has 1 aliphatic rings. The van der Waals surface area contributed by atoms with Crippen LogP contribution in [0.2, 0.25) is 0 Å². The molecule has 22 heavy (non-hydrogen) atoms. The summed E-state index contributed by atoms with van der Waals surface area (Å²) < 4.78 is 0. The van der Waals surface area contributed by atoms with Crippen molar-refractivity contribution in [3.8, 4) is 6.07 Å². The fraction of sp³-hybridized carbons (Fsp3) is 0.588. The number of pyridine rings is 1.